The summed E-state index contributed by atoms with van der Waals surface area (Å²) in [5.41, 5.74) is 12.7. The van der Waals surface area contributed by atoms with Crippen LogP contribution in [0, 0.1) is 0 Å². The molecule has 2 rings (SSSR count). The second-order valence-corrected chi connectivity index (χ2v) is 5.92. The fourth-order valence-electron chi connectivity index (χ4n) is 2.18. The quantitative estimate of drug-likeness (QED) is 0.756. The molecular formula is C17H18Cl2N2O3. The van der Waals surface area contributed by atoms with E-state index in [-0.39, 0.29) is 13.1 Å². The average Bonchev–Trinajstić information content (AvgIpc) is 2.57. The standard InChI is InChI=1S/C17H18Cl2N2O3/c18-13-5-1-3-11(7-13)15(9-20)23-17(22)24-16(10-21)12-4-2-6-14(19)8-12/h1-8,15-16H,9-10,20-21H2. The molecule has 0 aromatic heterocycles. The lowest BCUT2D eigenvalue weighted by Gasteiger charge is -2.20. The van der Waals surface area contributed by atoms with E-state index < -0.39 is 18.4 Å². The van der Waals surface area contributed by atoms with Crippen molar-refractivity contribution in [2.45, 2.75) is 12.2 Å². The first-order valence-corrected chi connectivity index (χ1v) is 8.07. The zero-order chi connectivity index (χ0) is 17.5. The van der Waals surface area contributed by atoms with Gasteiger partial charge in [-0.15, -0.1) is 0 Å². The van der Waals surface area contributed by atoms with Crippen molar-refractivity contribution in [3.63, 3.8) is 0 Å². The molecule has 0 amide bonds. The summed E-state index contributed by atoms with van der Waals surface area (Å²) in [7, 11) is 0. The van der Waals surface area contributed by atoms with Gasteiger partial charge in [-0.3, -0.25) is 0 Å². The number of ether oxygens (including phenoxy) is 2. The molecule has 0 spiro atoms. The molecule has 128 valence electrons. The Hall–Kier alpha value is -1.79. The molecule has 0 heterocycles. The number of hydrogen-bond donors (Lipinski definition) is 2. The van der Waals surface area contributed by atoms with E-state index in [0.717, 1.165) is 0 Å². The van der Waals surface area contributed by atoms with Crippen LogP contribution in [0.4, 0.5) is 4.79 Å². The Morgan fingerprint density at radius 1 is 0.875 bits per heavy atom. The van der Waals surface area contributed by atoms with Gasteiger partial charge in [0.25, 0.3) is 0 Å². The predicted octanol–water partition coefficient (Wildman–Crippen LogP) is 3.85. The number of nitrogens with two attached hydrogens (primary N) is 2. The summed E-state index contributed by atoms with van der Waals surface area (Å²) in [5.74, 6) is 0. The van der Waals surface area contributed by atoms with Gasteiger partial charge in [0.1, 0.15) is 12.2 Å². The molecule has 0 saturated carbocycles. The van der Waals surface area contributed by atoms with Gasteiger partial charge in [-0.25, -0.2) is 4.79 Å². The van der Waals surface area contributed by atoms with Gasteiger partial charge in [0.15, 0.2) is 0 Å². The molecule has 2 atom stereocenters. The van der Waals surface area contributed by atoms with E-state index in [1.807, 2.05) is 0 Å². The highest BCUT2D eigenvalue weighted by Crippen LogP contribution is 2.24. The van der Waals surface area contributed by atoms with Crippen molar-refractivity contribution in [2.75, 3.05) is 13.1 Å². The van der Waals surface area contributed by atoms with Gasteiger partial charge in [0, 0.05) is 23.1 Å². The Morgan fingerprint density at radius 3 is 1.62 bits per heavy atom. The summed E-state index contributed by atoms with van der Waals surface area (Å²) in [5, 5.41) is 1.06. The molecule has 2 aromatic carbocycles. The normalized spacial score (nSPS) is 13.2. The lowest BCUT2D eigenvalue weighted by atomic mass is 10.1. The Balaban J connectivity index is 2.04. The maximum absolute atomic E-state index is 12.1. The Kier molecular flexibility index (Phi) is 6.87. The van der Waals surface area contributed by atoms with E-state index >= 15 is 0 Å². The van der Waals surface area contributed by atoms with Crippen LogP contribution in [0.25, 0.3) is 0 Å². The number of halogens is 2. The van der Waals surface area contributed by atoms with Crippen molar-refractivity contribution in [2.24, 2.45) is 11.5 Å². The molecule has 5 nitrogen and oxygen atoms in total. The van der Waals surface area contributed by atoms with Crippen molar-refractivity contribution in [3.8, 4) is 0 Å². The molecule has 0 aliphatic carbocycles. The van der Waals surface area contributed by atoms with E-state index in [1.54, 1.807) is 48.5 Å². The van der Waals surface area contributed by atoms with Gasteiger partial charge in [-0.2, -0.15) is 0 Å². The van der Waals surface area contributed by atoms with Gasteiger partial charge in [-0.05, 0) is 35.4 Å². The lowest BCUT2D eigenvalue weighted by molar-refractivity contribution is 0.00121. The molecule has 2 unspecified atom stereocenters. The minimum absolute atomic E-state index is 0.0971. The van der Waals surface area contributed by atoms with E-state index in [9.17, 15) is 4.79 Å². The molecule has 7 heteroatoms. The molecule has 0 aliphatic heterocycles. The molecule has 0 fully saturated rings. The maximum Gasteiger partial charge on any atom is 0.509 e. The first-order valence-electron chi connectivity index (χ1n) is 7.31. The highest BCUT2D eigenvalue weighted by molar-refractivity contribution is 6.30. The van der Waals surface area contributed by atoms with Crippen LogP contribution >= 0.6 is 23.2 Å². The summed E-state index contributed by atoms with van der Waals surface area (Å²) in [4.78, 5) is 12.1. The first kappa shape index (κ1) is 18.5. The first-order chi connectivity index (χ1) is 11.5. The third-order valence-corrected chi connectivity index (χ3v) is 3.82. The third-order valence-electron chi connectivity index (χ3n) is 3.35. The minimum atomic E-state index is -0.860. The predicted molar refractivity (Wildman–Crippen MR) is 94.1 cm³/mol. The Bertz CT molecular complexity index is 640. The third kappa shape index (κ3) is 5.11. The summed E-state index contributed by atoms with van der Waals surface area (Å²) in [6, 6.07) is 13.9. The van der Waals surface area contributed by atoms with E-state index in [1.165, 1.54) is 0 Å². The van der Waals surface area contributed by atoms with Crippen molar-refractivity contribution in [1.29, 1.82) is 0 Å². The number of rotatable bonds is 6. The molecular weight excluding hydrogens is 351 g/mol. The van der Waals surface area contributed by atoms with Gasteiger partial charge >= 0.3 is 6.16 Å². The topological polar surface area (TPSA) is 87.6 Å². The van der Waals surface area contributed by atoms with Crippen molar-refractivity contribution < 1.29 is 14.3 Å². The van der Waals surface area contributed by atoms with E-state index in [4.69, 9.17) is 44.1 Å². The van der Waals surface area contributed by atoms with Crippen molar-refractivity contribution >= 4 is 29.4 Å². The van der Waals surface area contributed by atoms with Crippen LogP contribution in [0.5, 0.6) is 0 Å². The molecule has 4 N–H and O–H groups in total. The summed E-state index contributed by atoms with van der Waals surface area (Å²) in [6.07, 6.45) is -2.18. The number of carbonyl (C=O) groups is 1. The van der Waals surface area contributed by atoms with E-state index in [2.05, 4.69) is 0 Å². The van der Waals surface area contributed by atoms with Gasteiger partial charge < -0.3 is 20.9 Å². The summed E-state index contributed by atoms with van der Waals surface area (Å²) < 4.78 is 10.6. The molecule has 0 radical (unpaired) electrons. The minimum Gasteiger partial charge on any atom is -0.425 e. The lowest BCUT2D eigenvalue weighted by Crippen LogP contribution is -2.24. The molecule has 24 heavy (non-hydrogen) atoms. The number of hydrogen-bond acceptors (Lipinski definition) is 5. The van der Waals surface area contributed by atoms with E-state index in [0.29, 0.717) is 21.2 Å². The second-order valence-electron chi connectivity index (χ2n) is 5.04. The fourth-order valence-corrected chi connectivity index (χ4v) is 2.58. The van der Waals surface area contributed by atoms with Crippen LogP contribution in [-0.4, -0.2) is 19.2 Å². The number of benzene rings is 2. The monoisotopic (exact) mass is 368 g/mol. The zero-order valence-corrected chi connectivity index (χ0v) is 14.3. The number of carbonyl (C=O) groups excluding carboxylic acids is 1. The average molecular weight is 369 g/mol. The van der Waals surface area contributed by atoms with Crippen LogP contribution < -0.4 is 11.5 Å². The van der Waals surface area contributed by atoms with Crippen LogP contribution in [0.3, 0.4) is 0 Å². The maximum atomic E-state index is 12.1. The second kappa shape index (κ2) is 8.89. The largest absolute Gasteiger partial charge is 0.509 e. The smallest absolute Gasteiger partial charge is 0.425 e. The Labute approximate surface area is 150 Å². The summed E-state index contributed by atoms with van der Waals surface area (Å²) >= 11 is 11.9. The van der Waals surface area contributed by atoms with Crippen molar-refractivity contribution in [3.05, 3.63) is 69.7 Å². The highest BCUT2D eigenvalue weighted by Gasteiger charge is 2.21. The Morgan fingerprint density at radius 2 is 1.29 bits per heavy atom. The fraction of sp³-hybridized carbons (Fsp3) is 0.235. The van der Waals surface area contributed by atoms with Crippen molar-refractivity contribution in [1.82, 2.24) is 0 Å². The van der Waals surface area contributed by atoms with Gasteiger partial charge in [0.05, 0.1) is 0 Å². The highest BCUT2D eigenvalue weighted by atomic mass is 35.5. The molecule has 0 aliphatic rings. The van der Waals surface area contributed by atoms with Crippen LogP contribution in [-0.2, 0) is 9.47 Å². The molecule has 0 saturated heterocycles. The van der Waals surface area contributed by atoms with Crippen LogP contribution in [0.15, 0.2) is 48.5 Å². The zero-order valence-electron chi connectivity index (χ0n) is 12.8. The SMILES string of the molecule is NCC(OC(=O)OC(CN)c1cccc(Cl)c1)c1cccc(Cl)c1. The molecule has 2 aromatic rings. The van der Waals surface area contributed by atoms with Gasteiger partial charge in [0.2, 0.25) is 0 Å². The van der Waals surface area contributed by atoms with Crippen LogP contribution in [0.2, 0.25) is 10.0 Å². The summed E-state index contributed by atoms with van der Waals surface area (Å²) in [6.45, 7) is 0.194. The molecule has 0 bridgehead atoms. The van der Waals surface area contributed by atoms with Crippen LogP contribution in [0.1, 0.15) is 23.3 Å². The van der Waals surface area contributed by atoms with Gasteiger partial charge in [-0.1, -0.05) is 47.5 Å².